The summed E-state index contributed by atoms with van der Waals surface area (Å²) in [7, 11) is 1.55. The molecule has 4 nitrogen and oxygen atoms in total. The van der Waals surface area contributed by atoms with Gasteiger partial charge in [-0.1, -0.05) is 5.16 Å². The zero-order valence-electron chi connectivity index (χ0n) is 7.05. The van der Waals surface area contributed by atoms with Crippen molar-refractivity contribution < 1.29 is 4.84 Å². The molecule has 0 aromatic heterocycles. The molecule has 0 aromatic carbocycles. The summed E-state index contributed by atoms with van der Waals surface area (Å²) in [4.78, 5) is 4.70. The Kier molecular flexibility index (Phi) is 2.46. The fourth-order valence-electron chi connectivity index (χ4n) is 1.20. The lowest BCUT2D eigenvalue weighted by Gasteiger charge is -2.30. The van der Waals surface area contributed by atoms with Crippen molar-refractivity contribution in [3.63, 3.8) is 0 Å². The van der Waals surface area contributed by atoms with E-state index in [2.05, 4.69) is 10.5 Å². The quantitative estimate of drug-likeness (QED) is 0.514. The summed E-state index contributed by atoms with van der Waals surface area (Å²) in [6, 6.07) is 0. The molecule has 1 atom stereocenters. The molecule has 0 aromatic rings. The first-order valence-electron chi connectivity index (χ1n) is 3.77. The van der Waals surface area contributed by atoms with E-state index in [1.165, 1.54) is 0 Å². The van der Waals surface area contributed by atoms with Crippen LogP contribution < -0.4 is 11.1 Å². The van der Waals surface area contributed by atoms with Crippen LogP contribution in [-0.2, 0) is 4.84 Å². The Bertz CT molecular complexity index is 165. The van der Waals surface area contributed by atoms with Gasteiger partial charge in [-0.15, -0.1) is 0 Å². The molecule has 3 N–H and O–H groups in total. The van der Waals surface area contributed by atoms with Gasteiger partial charge in [0.1, 0.15) is 7.11 Å². The maximum absolute atomic E-state index is 5.93. The van der Waals surface area contributed by atoms with Crippen molar-refractivity contribution in [3.8, 4) is 0 Å². The third-order valence-electron chi connectivity index (χ3n) is 1.89. The number of rotatable bonds is 1. The number of piperidine rings is 1. The Morgan fingerprint density at radius 3 is 3.00 bits per heavy atom. The molecular formula is C7H15N3O. The van der Waals surface area contributed by atoms with Gasteiger partial charge in [-0.2, -0.15) is 0 Å². The Labute approximate surface area is 66.8 Å². The smallest absolute Gasteiger partial charge is 0.106 e. The summed E-state index contributed by atoms with van der Waals surface area (Å²) in [5.41, 5.74) is 6.54. The number of nitrogens with one attached hydrogen (secondary N) is 1. The van der Waals surface area contributed by atoms with Crippen molar-refractivity contribution in [2.24, 2.45) is 10.9 Å². The zero-order valence-corrected chi connectivity index (χ0v) is 7.05. The van der Waals surface area contributed by atoms with Gasteiger partial charge in [0.25, 0.3) is 0 Å². The van der Waals surface area contributed by atoms with Gasteiger partial charge in [-0.25, -0.2) is 0 Å². The zero-order chi connectivity index (χ0) is 8.32. The van der Waals surface area contributed by atoms with Crippen LogP contribution in [-0.4, -0.2) is 31.4 Å². The van der Waals surface area contributed by atoms with Crippen LogP contribution in [0.25, 0.3) is 0 Å². The van der Waals surface area contributed by atoms with Crippen LogP contribution in [0.4, 0.5) is 0 Å². The molecular weight excluding hydrogens is 142 g/mol. The van der Waals surface area contributed by atoms with Crippen LogP contribution in [0.15, 0.2) is 5.16 Å². The van der Waals surface area contributed by atoms with Crippen molar-refractivity contribution in [2.75, 3.05) is 20.2 Å². The highest BCUT2D eigenvalue weighted by molar-refractivity contribution is 5.93. The molecule has 0 bridgehead atoms. The molecule has 1 fully saturated rings. The molecule has 64 valence electrons. The van der Waals surface area contributed by atoms with E-state index in [0.717, 1.165) is 25.2 Å². The molecule has 1 rings (SSSR count). The molecule has 11 heavy (non-hydrogen) atoms. The largest absolute Gasteiger partial charge is 0.399 e. The first kappa shape index (κ1) is 8.49. The van der Waals surface area contributed by atoms with E-state index in [-0.39, 0.29) is 5.54 Å². The topological polar surface area (TPSA) is 59.6 Å². The van der Waals surface area contributed by atoms with E-state index < -0.39 is 0 Å². The van der Waals surface area contributed by atoms with E-state index >= 15 is 0 Å². The molecule has 1 aliphatic rings. The van der Waals surface area contributed by atoms with Gasteiger partial charge in [0.05, 0.1) is 11.3 Å². The van der Waals surface area contributed by atoms with Gasteiger partial charge >= 0.3 is 0 Å². The molecule has 1 saturated heterocycles. The average molecular weight is 157 g/mol. The van der Waals surface area contributed by atoms with E-state index in [4.69, 9.17) is 10.6 Å². The minimum atomic E-state index is -0.339. The van der Waals surface area contributed by atoms with Gasteiger partial charge in [0, 0.05) is 19.5 Å². The van der Waals surface area contributed by atoms with Gasteiger partial charge in [0.15, 0.2) is 0 Å². The molecule has 0 amide bonds. The van der Waals surface area contributed by atoms with Crippen molar-refractivity contribution in [1.82, 2.24) is 5.32 Å². The lowest BCUT2D eigenvalue weighted by Crippen LogP contribution is -2.57. The van der Waals surface area contributed by atoms with Crippen LogP contribution in [0.3, 0.4) is 0 Å². The monoisotopic (exact) mass is 157 g/mol. The van der Waals surface area contributed by atoms with Crippen LogP contribution >= 0.6 is 0 Å². The summed E-state index contributed by atoms with van der Waals surface area (Å²) in [6.07, 6.45) is 0.876. The van der Waals surface area contributed by atoms with Crippen LogP contribution in [0.5, 0.6) is 0 Å². The van der Waals surface area contributed by atoms with Crippen molar-refractivity contribution in [1.29, 1.82) is 0 Å². The fourth-order valence-corrected chi connectivity index (χ4v) is 1.20. The number of nitrogens with zero attached hydrogens (tertiary/aromatic N) is 1. The van der Waals surface area contributed by atoms with Gasteiger partial charge < -0.3 is 15.9 Å². The SMILES string of the molecule is CON=C1CCNCC1(C)N. The van der Waals surface area contributed by atoms with Crippen molar-refractivity contribution in [3.05, 3.63) is 0 Å². The van der Waals surface area contributed by atoms with E-state index in [0.29, 0.717) is 0 Å². The Balaban J connectivity index is 2.67. The summed E-state index contributed by atoms with van der Waals surface area (Å²) < 4.78 is 0. The number of nitrogens with two attached hydrogens (primary N) is 1. The minimum absolute atomic E-state index is 0.339. The summed E-state index contributed by atoms with van der Waals surface area (Å²) >= 11 is 0. The number of oxime groups is 1. The maximum Gasteiger partial charge on any atom is 0.106 e. The standard InChI is InChI=1S/C7H15N3O/c1-7(8)5-9-4-3-6(7)10-11-2/h9H,3-5,8H2,1-2H3. The highest BCUT2D eigenvalue weighted by atomic mass is 16.6. The molecule has 0 saturated carbocycles. The Morgan fingerprint density at radius 2 is 2.45 bits per heavy atom. The van der Waals surface area contributed by atoms with Gasteiger partial charge in [-0.3, -0.25) is 0 Å². The lowest BCUT2D eigenvalue weighted by atomic mass is 9.91. The maximum atomic E-state index is 5.93. The normalized spacial score (nSPS) is 35.7. The van der Waals surface area contributed by atoms with Gasteiger partial charge in [0.2, 0.25) is 0 Å². The number of hydrogen-bond acceptors (Lipinski definition) is 4. The van der Waals surface area contributed by atoms with Crippen LogP contribution in [0, 0.1) is 0 Å². The second kappa shape index (κ2) is 3.19. The second-order valence-electron chi connectivity index (χ2n) is 3.06. The minimum Gasteiger partial charge on any atom is -0.399 e. The third-order valence-corrected chi connectivity index (χ3v) is 1.89. The highest BCUT2D eigenvalue weighted by Crippen LogP contribution is 2.09. The highest BCUT2D eigenvalue weighted by Gasteiger charge is 2.29. The Morgan fingerprint density at radius 1 is 1.73 bits per heavy atom. The Hall–Kier alpha value is -0.610. The molecule has 0 radical (unpaired) electrons. The van der Waals surface area contributed by atoms with Crippen LogP contribution in [0.1, 0.15) is 13.3 Å². The first-order valence-corrected chi connectivity index (χ1v) is 3.77. The summed E-state index contributed by atoms with van der Waals surface area (Å²) in [5.74, 6) is 0. The van der Waals surface area contributed by atoms with Gasteiger partial charge in [-0.05, 0) is 6.92 Å². The van der Waals surface area contributed by atoms with Crippen LogP contribution in [0.2, 0.25) is 0 Å². The third kappa shape index (κ3) is 1.91. The van der Waals surface area contributed by atoms with Crippen molar-refractivity contribution >= 4 is 5.71 Å². The molecule has 0 spiro atoms. The molecule has 0 aliphatic carbocycles. The molecule has 1 unspecified atom stereocenters. The lowest BCUT2D eigenvalue weighted by molar-refractivity contribution is 0.208. The summed E-state index contributed by atoms with van der Waals surface area (Å²) in [5, 5.41) is 7.09. The van der Waals surface area contributed by atoms with E-state index in [9.17, 15) is 0 Å². The predicted molar refractivity (Wildman–Crippen MR) is 44.5 cm³/mol. The fraction of sp³-hybridized carbons (Fsp3) is 0.857. The molecule has 1 heterocycles. The average Bonchev–Trinajstić information content (AvgIpc) is 1.94. The van der Waals surface area contributed by atoms with E-state index in [1.807, 2.05) is 6.92 Å². The predicted octanol–water partition coefficient (Wildman–Crippen LogP) is -0.300. The van der Waals surface area contributed by atoms with Crippen molar-refractivity contribution in [2.45, 2.75) is 18.9 Å². The molecule has 4 heteroatoms. The summed E-state index contributed by atoms with van der Waals surface area (Å²) in [6.45, 7) is 3.67. The first-order chi connectivity index (χ1) is 5.17. The van der Waals surface area contributed by atoms with E-state index in [1.54, 1.807) is 7.11 Å². The second-order valence-corrected chi connectivity index (χ2v) is 3.06. The number of hydrogen-bond donors (Lipinski definition) is 2. The molecule has 1 aliphatic heterocycles.